The zero-order valence-corrected chi connectivity index (χ0v) is 11.3. The van der Waals surface area contributed by atoms with Gasteiger partial charge in [0, 0.05) is 11.5 Å². The van der Waals surface area contributed by atoms with Crippen LogP contribution in [0.4, 0.5) is 4.39 Å². The summed E-state index contributed by atoms with van der Waals surface area (Å²) in [6, 6.07) is 6.11. The number of nitrogens with zero attached hydrogens (tertiary/aromatic N) is 2. The maximum atomic E-state index is 12.9. The third kappa shape index (κ3) is 2.58. The van der Waals surface area contributed by atoms with Crippen LogP contribution in [0.2, 0.25) is 0 Å². The number of rotatable bonds is 3. The van der Waals surface area contributed by atoms with Gasteiger partial charge in [-0.2, -0.15) is 4.98 Å². The molecule has 0 bridgehead atoms. The first-order valence-electron chi connectivity index (χ1n) is 7.07. The zero-order chi connectivity index (χ0) is 13.9. The fourth-order valence-corrected chi connectivity index (χ4v) is 2.92. The van der Waals surface area contributed by atoms with Crippen molar-refractivity contribution in [2.75, 3.05) is 6.54 Å². The predicted octanol–water partition coefficient (Wildman–Crippen LogP) is 3.11. The molecule has 0 amide bonds. The van der Waals surface area contributed by atoms with Gasteiger partial charge in [-0.05, 0) is 49.6 Å². The highest BCUT2D eigenvalue weighted by Crippen LogP contribution is 2.36. The molecule has 1 heterocycles. The molecule has 2 aromatic rings. The van der Waals surface area contributed by atoms with E-state index in [2.05, 4.69) is 10.1 Å². The van der Waals surface area contributed by atoms with Gasteiger partial charge in [-0.25, -0.2) is 4.39 Å². The highest BCUT2D eigenvalue weighted by molar-refractivity contribution is 5.53. The summed E-state index contributed by atoms with van der Waals surface area (Å²) in [5.41, 5.74) is 6.60. The molecule has 2 atom stereocenters. The summed E-state index contributed by atoms with van der Waals surface area (Å²) in [4.78, 5) is 4.48. The minimum atomic E-state index is -0.270. The van der Waals surface area contributed by atoms with Crippen LogP contribution in [0.5, 0.6) is 0 Å². The Balaban J connectivity index is 1.84. The summed E-state index contributed by atoms with van der Waals surface area (Å²) in [6.45, 7) is 0.652. The molecule has 1 aromatic carbocycles. The monoisotopic (exact) mass is 275 g/mol. The lowest BCUT2D eigenvalue weighted by Crippen LogP contribution is -2.25. The molecule has 1 saturated carbocycles. The highest BCUT2D eigenvalue weighted by atomic mass is 19.1. The van der Waals surface area contributed by atoms with Crippen LogP contribution < -0.4 is 5.73 Å². The van der Waals surface area contributed by atoms with Gasteiger partial charge in [-0.3, -0.25) is 0 Å². The molecular weight excluding hydrogens is 257 g/mol. The summed E-state index contributed by atoms with van der Waals surface area (Å²) < 4.78 is 18.3. The van der Waals surface area contributed by atoms with Crippen LogP contribution in [-0.2, 0) is 0 Å². The van der Waals surface area contributed by atoms with Crippen molar-refractivity contribution < 1.29 is 8.91 Å². The van der Waals surface area contributed by atoms with Crippen molar-refractivity contribution in [1.82, 2.24) is 10.1 Å². The second-order valence-corrected chi connectivity index (χ2v) is 5.35. The topological polar surface area (TPSA) is 64.9 Å². The van der Waals surface area contributed by atoms with E-state index in [4.69, 9.17) is 10.3 Å². The first kappa shape index (κ1) is 13.2. The molecule has 0 aliphatic heterocycles. The predicted molar refractivity (Wildman–Crippen MR) is 73.4 cm³/mol. The number of nitrogens with two attached hydrogens (primary N) is 1. The molecule has 106 valence electrons. The Morgan fingerprint density at radius 3 is 2.70 bits per heavy atom. The zero-order valence-electron chi connectivity index (χ0n) is 11.3. The van der Waals surface area contributed by atoms with Crippen molar-refractivity contribution >= 4 is 0 Å². The number of hydrogen-bond donors (Lipinski definition) is 1. The van der Waals surface area contributed by atoms with Crippen LogP contribution in [0.15, 0.2) is 28.8 Å². The Labute approximate surface area is 117 Å². The molecule has 3 rings (SSSR count). The maximum absolute atomic E-state index is 12.9. The smallest absolute Gasteiger partial charge is 0.230 e. The van der Waals surface area contributed by atoms with E-state index >= 15 is 0 Å². The molecule has 1 aromatic heterocycles. The van der Waals surface area contributed by atoms with E-state index in [9.17, 15) is 4.39 Å². The Morgan fingerprint density at radius 1 is 1.20 bits per heavy atom. The molecule has 0 spiro atoms. The largest absolute Gasteiger partial charge is 0.339 e. The Bertz CT molecular complexity index is 567. The lowest BCUT2D eigenvalue weighted by atomic mass is 9.79. The van der Waals surface area contributed by atoms with E-state index in [1.807, 2.05) is 0 Å². The third-order valence-corrected chi connectivity index (χ3v) is 4.07. The fourth-order valence-electron chi connectivity index (χ4n) is 2.92. The van der Waals surface area contributed by atoms with E-state index in [1.54, 1.807) is 12.1 Å². The van der Waals surface area contributed by atoms with Gasteiger partial charge in [0.2, 0.25) is 11.7 Å². The maximum Gasteiger partial charge on any atom is 0.230 e. The van der Waals surface area contributed by atoms with E-state index in [0.717, 1.165) is 18.4 Å². The van der Waals surface area contributed by atoms with Crippen molar-refractivity contribution in [2.24, 2.45) is 11.7 Å². The minimum Gasteiger partial charge on any atom is -0.339 e. The molecule has 1 aliphatic carbocycles. The van der Waals surface area contributed by atoms with E-state index in [-0.39, 0.29) is 11.7 Å². The number of halogens is 1. The SMILES string of the molecule is NCC1CCCCC1c1nc(-c2ccc(F)cc2)no1. The van der Waals surface area contributed by atoms with Crippen LogP contribution in [0, 0.1) is 11.7 Å². The lowest BCUT2D eigenvalue weighted by molar-refractivity contribution is 0.249. The second-order valence-electron chi connectivity index (χ2n) is 5.35. The molecule has 2 unspecified atom stereocenters. The molecule has 0 radical (unpaired) electrons. The molecule has 20 heavy (non-hydrogen) atoms. The van der Waals surface area contributed by atoms with Gasteiger partial charge >= 0.3 is 0 Å². The number of hydrogen-bond acceptors (Lipinski definition) is 4. The number of benzene rings is 1. The van der Waals surface area contributed by atoms with Gasteiger partial charge < -0.3 is 10.3 Å². The van der Waals surface area contributed by atoms with Gasteiger partial charge in [-0.1, -0.05) is 18.0 Å². The average molecular weight is 275 g/mol. The van der Waals surface area contributed by atoms with Crippen molar-refractivity contribution in [3.8, 4) is 11.4 Å². The van der Waals surface area contributed by atoms with Crippen molar-refractivity contribution in [3.63, 3.8) is 0 Å². The molecule has 1 aliphatic rings. The summed E-state index contributed by atoms with van der Waals surface area (Å²) in [6.07, 6.45) is 4.56. The average Bonchev–Trinajstić information content (AvgIpc) is 2.97. The molecular formula is C15H18FN3O. The quantitative estimate of drug-likeness (QED) is 0.934. The number of aromatic nitrogens is 2. The van der Waals surface area contributed by atoms with Gasteiger partial charge in [0.25, 0.3) is 0 Å². The van der Waals surface area contributed by atoms with Crippen LogP contribution >= 0.6 is 0 Å². The molecule has 1 fully saturated rings. The van der Waals surface area contributed by atoms with Crippen LogP contribution in [0.1, 0.15) is 37.5 Å². The Kier molecular flexibility index (Phi) is 3.78. The summed E-state index contributed by atoms with van der Waals surface area (Å²) in [5, 5.41) is 4.01. The Hall–Kier alpha value is -1.75. The fraction of sp³-hybridized carbons (Fsp3) is 0.467. The van der Waals surface area contributed by atoms with Gasteiger partial charge in [-0.15, -0.1) is 0 Å². The normalized spacial score (nSPS) is 22.9. The summed E-state index contributed by atoms with van der Waals surface area (Å²) in [7, 11) is 0. The Morgan fingerprint density at radius 2 is 1.95 bits per heavy atom. The van der Waals surface area contributed by atoms with Crippen LogP contribution in [-0.4, -0.2) is 16.7 Å². The van der Waals surface area contributed by atoms with Gasteiger partial charge in [0.05, 0.1) is 0 Å². The minimum absolute atomic E-state index is 0.260. The molecule has 5 heteroatoms. The van der Waals surface area contributed by atoms with Crippen LogP contribution in [0.25, 0.3) is 11.4 Å². The highest BCUT2D eigenvalue weighted by Gasteiger charge is 2.30. The lowest BCUT2D eigenvalue weighted by Gasteiger charge is -2.27. The summed E-state index contributed by atoms with van der Waals surface area (Å²) in [5.74, 6) is 1.59. The van der Waals surface area contributed by atoms with Crippen LogP contribution in [0.3, 0.4) is 0 Å². The van der Waals surface area contributed by atoms with Crippen molar-refractivity contribution in [3.05, 3.63) is 36.0 Å². The van der Waals surface area contributed by atoms with Crippen molar-refractivity contribution in [2.45, 2.75) is 31.6 Å². The first-order valence-corrected chi connectivity index (χ1v) is 7.07. The molecule has 4 nitrogen and oxygen atoms in total. The second kappa shape index (κ2) is 5.71. The van der Waals surface area contributed by atoms with Gasteiger partial charge in [0.1, 0.15) is 5.82 Å². The van der Waals surface area contributed by atoms with E-state index in [1.165, 1.54) is 25.0 Å². The van der Waals surface area contributed by atoms with E-state index in [0.29, 0.717) is 24.2 Å². The van der Waals surface area contributed by atoms with E-state index < -0.39 is 0 Å². The molecule has 0 saturated heterocycles. The molecule has 2 N–H and O–H groups in total. The first-order chi connectivity index (χ1) is 9.78. The summed E-state index contributed by atoms with van der Waals surface area (Å²) >= 11 is 0. The van der Waals surface area contributed by atoms with Crippen molar-refractivity contribution in [1.29, 1.82) is 0 Å². The van der Waals surface area contributed by atoms with Gasteiger partial charge in [0.15, 0.2) is 0 Å². The standard InChI is InChI=1S/C15H18FN3O/c16-12-7-5-10(6-8-12)14-18-15(20-19-14)13-4-2-1-3-11(13)9-17/h5-8,11,13H,1-4,9,17H2. The third-order valence-electron chi connectivity index (χ3n) is 4.07.